The molecule has 1 aliphatic rings. The molecule has 1 saturated heterocycles. The van der Waals surface area contributed by atoms with Gasteiger partial charge in [-0.1, -0.05) is 0 Å². The molecule has 0 spiro atoms. The Balaban J connectivity index is 1.93. The Hall–Kier alpha value is -1.55. The lowest BCUT2D eigenvalue weighted by molar-refractivity contribution is 0.0696. The third kappa shape index (κ3) is 3.23. The van der Waals surface area contributed by atoms with Crippen LogP contribution in [-0.4, -0.2) is 30.3 Å². The Morgan fingerprint density at radius 1 is 1.33 bits per heavy atom. The second-order valence-electron chi connectivity index (χ2n) is 4.74. The fourth-order valence-electron chi connectivity index (χ4n) is 2.30. The van der Waals surface area contributed by atoms with Crippen molar-refractivity contribution in [3.8, 4) is 5.75 Å². The van der Waals surface area contributed by atoms with Gasteiger partial charge in [0.05, 0.1) is 11.7 Å². The highest BCUT2D eigenvalue weighted by Gasteiger charge is 2.21. The van der Waals surface area contributed by atoms with Gasteiger partial charge in [-0.25, -0.2) is 4.79 Å². The van der Waals surface area contributed by atoms with Crippen molar-refractivity contribution in [1.82, 2.24) is 5.32 Å². The summed E-state index contributed by atoms with van der Waals surface area (Å²) < 4.78 is 5.87. The Labute approximate surface area is 107 Å². The van der Waals surface area contributed by atoms with Gasteiger partial charge in [0.15, 0.2) is 0 Å². The van der Waals surface area contributed by atoms with Gasteiger partial charge in [0.25, 0.3) is 0 Å². The summed E-state index contributed by atoms with van der Waals surface area (Å²) in [5.41, 5.74) is 0.289. The lowest BCUT2D eigenvalue weighted by Gasteiger charge is -2.28. The predicted octanol–water partition coefficient (Wildman–Crippen LogP) is 2.15. The van der Waals surface area contributed by atoms with Crippen molar-refractivity contribution in [2.75, 3.05) is 13.1 Å². The topological polar surface area (TPSA) is 58.6 Å². The van der Waals surface area contributed by atoms with Gasteiger partial charge in [0, 0.05) is 0 Å². The Bertz CT molecular complexity index is 396. The van der Waals surface area contributed by atoms with Crippen LogP contribution in [-0.2, 0) is 0 Å². The number of carboxylic acid groups (broad SMARTS) is 1. The summed E-state index contributed by atoms with van der Waals surface area (Å²) in [5, 5.41) is 12.1. The molecule has 4 nitrogen and oxygen atoms in total. The molecule has 0 bridgehead atoms. The molecular weight excluding hydrogens is 230 g/mol. The highest BCUT2D eigenvalue weighted by Crippen LogP contribution is 2.22. The average molecular weight is 249 g/mol. The molecule has 1 fully saturated rings. The molecule has 0 amide bonds. The minimum atomic E-state index is -0.909. The number of piperidine rings is 1. The minimum Gasteiger partial charge on any atom is -0.490 e. The van der Waals surface area contributed by atoms with E-state index in [0.717, 1.165) is 31.7 Å². The van der Waals surface area contributed by atoms with Crippen molar-refractivity contribution in [2.45, 2.75) is 25.9 Å². The number of benzene rings is 1. The van der Waals surface area contributed by atoms with Gasteiger partial charge in [-0.3, -0.25) is 0 Å². The molecule has 98 valence electrons. The standard InChI is InChI=1S/C14H19NO3/c1-10(11-6-8-15-9-7-11)18-13-4-2-12(3-5-13)14(16)17/h2-5,10-11,15H,6-9H2,1H3,(H,16,17). The van der Waals surface area contributed by atoms with E-state index in [9.17, 15) is 4.79 Å². The van der Waals surface area contributed by atoms with Gasteiger partial charge >= 0.3 is 5.97 Å². The van der Waals surface area contributed by atoms with Gasteiger partial charge in [0.1, 0.15) is 5.75 Å². The lowest BCUT2D eigenvalue weighted by atomic mass is 9.93. The fourth-order valence-corrected chi connectivity index (χ4v) is 2.30. The van der Waals surface area contributed by atoms with Crippen LogP contribution in [0.25, 0.3) is 0 Å². The highest BCUT2D eigenvalue weighted by atomic mass is 16.5. The summed E-state index contributed by atoms with van der Waals surface area (Å²) in [4.78, 5) is 10.7. The molecule has 18 heavy (non-hydrogen) atoms. The van der Waals surface area contributed by atoms with Crippen molar-refractivity contribution >= 4 is 5.97 Å². The Kier molecular flexibility index (Phi) is 4.20. The van der Waals surface area contributed by atoms with Gasteiger partial charge in [0.2, 0.25) is 0 Å². The maximum absolute atomic E-state index is 10.7. The van der Waals surface area contributed by atoms with Gasteiger partial charge in [-0.2, -0.15) is 0 Å². The molecule has 1 heterocycles. The van der Waals surface area contributed by atoms with E-state index in [0.29, 0.717) is 5.92 Å². The number of carboxylic acids is 1. The molecule has 1 atom stereocenters. The molecule has 2 N–H and O–H groups in total. The molecule has 0 aliphatic carbocycles. The number of hydrogen-bond donors (Lipinski definition) is 2. The Morgan fingerprint density at radius 2 is 1.94 bits per heavy atom. The van der Waals surface area contributed by atoms with E-state index in [1.807, 2.05) is 0 Å². The molecule has 1 unspecified atom stereocenters. The third-order valence-electron chi connectivity index (χ3n) is 3.47. The predicted molar refractivity (Wildman–Crippen MR) is 69.1 cm³/mol. The zero-order valence-electron chi connectivity index (χ0n) is 10.6. The maximum Gasteiger partial charge on any atom is 0.335 e. The summed E-state index contributed by atoms with van der Waals surface area (Å²) in [5.74, 6) is 0.407. The first-order valence-corrected chi connectivity index (χ1v) is 6.37. The minimum absolute atomic E-state index is 0.169. The second-order valence-corrected chi connectivity index (χ2v) is 4.74. The molecule has 2 rings (SSSR count). The van der Waals surface area contributed by atoms with E-state index in [2.05, 4.69) is 12.2 Å². The average Bonchev–Trinajstić information content (AvgIpc) is 2.40. The van der Waals surface area contributed by atoms with Crippen LogP contribution < -0.4 is 10.1 Å². The SMILES string of the molecule is CC(Oc1ccc(C(=O)O)cc1)C1CCNCC1. The van der Waals surface area contributed by atoms with Crippen molar-refractivity contribution in [3.05, 3.63) is 29.8 Å². The first-order chi connectivity index (χ1) is 8.66. The molecule has 1 aromatic carbocycles. The molecule has 1 aromatic rings. The van der Waals surface area contributed by atoms with Crippen LogP contribution >= 0.6 is 0 Å². The second kappa shape index (κ2) is 5.87. The fraction of sp³-hybridized carbons (Fsp3) is 0.500. The van der Waals surface area contributed by atoms with Crippen molar-refractivity contribution in [3.63, 3.8) is 0 Å². The first-order valence-electron chi connectivity index (χ1n) is 6.37. The van der Waals surface area contributed by atoms with Crippen molar-refractivity contribution in [2.24, 2.45) is 5.92 Å². The quantitative estimate of drug-likeness (QED) is 0.858. The Morgan fingerprint density at radius 3 is 2.50 bits per heavy atom. The summed E-state index contributed by atoms with van der Waals surface area (Å²) in [6.45, 7) is 4.19. The molecule has 0 saturated carbocycles. The van der Waals surface area contributed by atoms with Crippen molar-refractivity contribution in [1.29, 1.82) is 0 Å². The maximum atomic E-state index is 10.7. The van der Waals surface area contributed by atoms with E-state index in [1.165, 1.54) is 0 Å². The van der Waals surface area contributed by atoms with Crippen LogP contribution in [0.5, 0.6) is 5.75 Å². The number of hydrogen-bond acceptors (Lipinski definition) is 3. The van der Waals surface area contributed by atoms with Crippen LogP contribution in [0, 0.1) is 5.92 Å². The number of ether oxygens (including phenoxy) is 1. The highest BCUT2D eigenvalue weighted by molar-refractivity contribution is 5.87. The number of nitrogens with one attached hydrogen (secondary N) is 1. The summed E-state index contributed by atoms with van der Waals surface area (Å²) >= 11 is 0. The number of rotatable bonds is 4. The number of carbonyl (C=O) groups is 1. The van der Waals surface area contributed by atoms with E-state index in [1.54, 1.807) is 24.3 Å². The van der Waals surface area contributed by atoms with Gasteiger partial charge < -0.3 is 15.2 Å². The number of aromatic carboxylic acids is 1. The monoisotopic (exact) mass is 249 g/mol. The van der Waals surface area contributed by atoms with E-state index in [-0.39, 0.29) is 11.7 Å². The van der Waals surface area contributed by atoms with E-state index < -0.39 is 5.97 Å². The summed E-state index contributed by atoms with van der Waals surface area (Å²) in [7, 11) is 0. The first kappa shape index (κ1) is 12.9. The summed E-state index contributed by atoms with van der Waals surface area (Å²) in [6.07, 6.45) is 2.44. The van der Waals surface area contributed by atoms with Crippen LogP contribution in [0.4, 0.5) is 0 Å². The zero-order valence-corrected chi connectivity index (χ0v) is 10.6. The molecule has 4 heteroatoms. The van der Waals surface area contributed by atoms with Crippen LogP contribution in [0.3, 0.4) is 0 Å². The largest absolute Gasteiger partial charge is 0.490 e. The van der Waals surface area contributed by atoms with Gasteiger partial charge in [-0.15, -0.1) is 0 Å². The third-order valence-corrected chi connectivity index (χ3v) is 3.47. The van der Waals surface area contributed by atoms with E-state index in [4.69, 9.17) is 9.84 Å². The normalized spacial score (nSPS) is 18.3. The molecule has 0 radical (unpaired) electrons. The molecule has 0 aromatic heterocycles. The molecular formula is C14H19NO3. The lowest BCUT2D eigenvalue weighted by Crippen LogP contribution is -2.35. The van der Waals surface area contributed by atoms with Crippen LogP contribution in [0.15, 0.2) is 24.3 Å². The van der Waals surface area contributed by atoms with Gasteiger partial charge in [-0.05, 0) is 63.0 Å². The summed E-state index contributed by atoms with van der Waals surface area (Å²) in [6, 6.07) is 6.60. The smallest absolute Gasteiger partial charge is 0.335 e. The van der Waals surface area contributed by atoms with Crippen LogP contribution in [0.1, 0.15) is 30.1 Å². The van der Waals surface area contributed by atoms with Crippen molar-refractivity contribution < 1.29 is 14.6 Å². The molecule has 1 aliphatic heterocycles. The van der Waals surface area contributed by atoms with E-state index >= 15 is 0 Å². The zero-order chi connectivity index (χ0) is 13.0. The van der Waals surface area contributed by atoms with Crippen LogP contribution in [0.2, 0.25) is 0 Å².